The topological polar surface area (TPSA) is 56.7 Å². The fourth-order valence-electron chi connectivity index (χ4n) is 6.24. The van der Waals surface area contributed by atoms with E-state index in [1.807, 2.05) is 60.7 Å². The van der Waals surface area contributed by atoms with E-state index in [4.69, 9.17) is 19.4 Å². The third kappa shape index (κ3) is 3.83. The van der Waals surface area contributed by atoms with Crippen LogP contribution in [0.5, 0.6) is 0 Å². The molecule has 0 amide bonds. The van der Waals surface area contributed by atoms with Gasteiger partial charge in [0.2, 0.25) is 0 Å². The van der Waals surface area contributed by atoms with Crippen molar-refractivity contribution in [1.29, 1.82) is 0 Å². The van der Waals surface area contributed by atoms with E-state index in [0.29, 0.717) is 17.5 Å². The van der Waals surface area contributed by atoms with Crippen LogP contribution < -0.4 is 0 Å². The highest BCUT2D eigenvalue weighted by Crippen LogP contribution is 2.41. The van der Waals surface area contributed by atoms with Gasteiger partial charge in [-0.15, -0.1) is 0 Å². The molecular weight excluding hydrogens is 540 g/mol. The molecule has 0 N–H and O–H groups in total. The first-order valence-electron chi connectivity index (χ1n) is 14.6. The van der Waals surface area contributed by atoms with Crippen LogP contribution in [0.1, 0.15) is 0 Å². The zero-order valence-electron chi connectivity index (χ0n) is 23.6. The van der Waals surface area contributed by atoms with E-state index >= 15 is 0 Å². The predicted molar refractivity (Wildman–Crippen MR) is 178 cm³/mol. The first-order valence-corrected chi connectivity index (χ1v) is 14.6. The van der Waals surface area contributed by atoms with Crippen molar-refractivity contribution in [2.75, 3.05) is 0 Å². The molecule has 9 rings (SSSR count). The van der Waals surface area contributed by atoms with Gasteiger partial charge < -0.3 is 8.98 Å². The predicted octanol–water partition coefficient (Wildman–Crippen LogP) is 9.87. The molecule has 3 aromatic heterocycles. The molecule has 0 saturated heterocycles. The lowest BCUT2D eigenvalue weighted by molar-refractivity contribution is 0.669. The second kappa shape index (κ2) is 9.75. The Kier molecular flexibility index (Phi) is 5.43. The Morgan fingerprint density at radius 3 is 1.68 bits per heavy atom. The average Bonchev–Trinajstić information content (AvgIpc) is 3.64. The van der Waals surface area contributed by atoms with Crippen molar-refractivity contribution in [1.82, 2.24) is 19.5 Å². The second-order valence-electron chi connectivity index (χ2n) is 10.9. The van der Waals surface area contributed by atoms with Gasteiger partial charge in [-0.1, -0.05) is 103 Å². The maximum absolute atomic E-state index is 6.55. The van der Waals surface area contributed by atoms with Gasteiger partial charge in [0.05, 0.1) is 16.4 Å². The molecule has 5 heteroatoms. The van der Waals surface area contributed by atoms with Crippen molar-refractivity contribution in [3.05, 3.63) is 146 Å². The molecule has 44 heavy (non-hydrogen) atoms. The molecule has 3 heterocycles. The van der Waals surface area contributed by atoms with Crippen LogP contribution in [-0.4, -0.2) is 19.5 Å². The van der Waals surface area contributed by atoms with Crippen molar-refractivity contribution < 1.29 is 4.42 Å². The van der Waals surface area contributed by atoms with Crippen LogP contribution in [0, 0.1) is 0 Å². The second-order valence-corrected chi connectivity index (χ2v) is 10.9. The maximum Gasteiger partial charge on any atom is 0.164 e. The first-order chi connectivity index (χ1) is 21.8. The standard InChI is InChI=1S/C39H24N4O/c1-4-12-25(13-5-1)37-40-38(26-14-6-2-7-15-26)42-39(41-37)27-20-21-31-34(24-27)44-33-23-22-30-29-18-10-11-19-32(29)43(36(30)35(31)33)28-16-8-3-9-17-28/h1-24H. The van der Waals surface area contributed by atoms with Gasteiger partial charge in [-0.05, 0) is 42.5 Å². The van der Waals surface area contributed by atoms with E-state index in [9.17, 15) is 0 Å². The summed E-state index contributed by atoms with van der Waals surface area (Å²) >= 11 is 0. The normalized spacial score (nSPS) is 11.6. The van der Waals surface area contributed by atoms with Crippen LogP contribution in [0.25, 0.3) is 83.6 Å². The Morgan fingerprint density at radius 2 is 1.00 bits per heavy atom. The SMILES string of the molecule is c1ccc(-c2nc(-c3ccccc3)nc(-c3ccc4c(c3)oc3ccc5c6ccccc6n(-c6ccccc6)c5c34)n2)cc1. The van der Waals surface area contributed by atoms with Crippen LogP contribution in [0.2, 0.25) is 0 Å². The molecule has 0 bridgehead atoms. The molecule has 0 spiro atoms. The third-order valence-electron chi connectivity index (χ3n) is 8.24. The largest absolute Gasteiger partial charge is 0.456 e. The van der Waals surface area contributed by atoms with Crippen LogP contribution in [0.4, 0.5) is 0 Å². The Bertz CT molecular complexity index is 2420. The minimum atomic E-state index is 0.601. The van der Waals surface area contributed by atoms with Gasteiger partial charge >= 0.3 is 0 Å². The average molecular weight is 565 g/mol. The van der Waals surface area contributed by atoms with Gasteiger partial charge in [0.1, 0.15) is 11.2 Å². The zero-order valence-corrected chi connectivity index (χ0v) is 23.6. The molecule has 0 fully saturated rings. The summed E-state index contributed by atoms with van der Waals surface area (Å²) in [6.07, 6.45) is 0. The third-order valence-corrected chi connectivity index (χ3v) is 8.24. The number of rotatable bonds is 4. The summed E-state index contributed by atoms with van der Waals surface area (Å²) < 4.78 is 8.90. The zero-order chi connectivity index (χ0) is 29.0. The molecule has 0 saturated carbocycles. The van der Waals surface area contributed by atoms with E-state index in [1.54, 1.807) is 0 Å². The molecule has 9 aromatic rings. The fourth-order valence-corrected chi connectivity index (χ4v) is 6.24. The van der Waals surface area contributed by atoms with Crippen LogP contribution >= 0.6 is 0 Å². The quantitative estimate of drug-likeness (QED) is 0.213. The lowest BCUT2D eigenvalue weighted by atomic mass is 10.1. The summed E-state index contributed by atoms with van der Waals surface area (Å²) in [5.74, 6) is 1.87. The molecule has 206 valence electrons. The molecule has 0 radical (unpaired) electrons. The minimum Gasteiger partial charge on any atom is -0.456 e. The van der Waals surface area contributed by atoms with Crippen LogP contribution in [0.15, 0.2) is 150 Å². The summed E-state index contributed by atoms with van der Waals surface area (Å²) in [7, 11) is 0. The van der Waals surface area contributed by atoms with Gasteiger partial charge in [-0.3, -0.25) is 0 Å². The molecule has 0 unspecified atom stereocenters. The van der Waals surface area contributed by atoms with Crippen LogP contribution in [0.3, 0.4) is 0 Å². The smallest absolute Gasteiger partial charge is 0.164 e. The number of aromatic nitrogens is 4. The Balaban J connectivity index is 1.29. The first kappa shape index (κ1) is 24.5. The number of benzene rings is 6. The molecular formula is C39H24N4O. The van der Waals surface area contributed by atoms with Crippen molar-refractivity contribution in [2.45, 2.75) is 0 Å². The fraction of sp³-hybridized carbons (Fsp3) is 0. The Labute approximate surface area is 252 Å². The number of furan rings is 1. The lowest BCUT2D eigenvalue weighted by Crippen LogP contribution is -2.00. The molecule has 6 aromatic carbocycles. The van der Waals surface area contributed by atoms with Gasteiger partial charge in [-0.25, -0.2) is 15.0 Å². The summed E-state index contributed by atoms with van der Waals surface area (Å²) in [5.41, 5.74) is 7.80. The van der Waals surface area contributed by atoms with Gasteiger partial charge in [0.25, 0.3) is 0 Å². The summed E-state index contributed by atoms with van der Waals surface area (Å²) in [4.78, 5) is 14.7. The Morgan fingerprint density at radius 1 is 0.432 bits per heavy atom. The highest BCUT2D eigenvalue weighted by atomic mass is 16.3. The Hall–Kier alpha value is -6.07. The number of para-hydroxylation sites is 2. The molecule has 0 atom stereocenters. The van der Waals surface area contributed by atoms with E-state index in [2.05, 4.69) is 89.5 Å². The highest BCUT2D eigenvalue weighted by molar-refractivity contribution is 6.24. The number of hydrogen-bond donors (Lipinski definition) is 0. The van der Waals surface area contributed by atoms with Crippen molar-refractivity contribution in [3.63, 3.8) is 0 Å². The van der Waals surface area contributed by atoms with Gasteiger partial charge in [0.15, 0.2) is 17.5 Å². The molecule has 0 aliphatic rings. The number of hydrogen-bond acceptors (Lipinski definition) is 4. The maximum atomic E-state index is 6.55. The summed E-state index contributed by atoms with van der Waals surface area (Å²) in [6.45, 7) is 0. The van der Waals surface area contributed by atoms with E-state index in [1.165, 1.54) is 16.3 Å². The van der Waals surface area contributed by atoms with Gasteiger partial charge in [-0.2, -0.15) is 0 Å². The van der Waals surface area contributed by atoms with Gasteiger partial charge in [0, 0.05) is 38.5 Å². The summed E-state index contributed by atoms with van der Waals surface area (Å²) in [6, 6.07) is 49.7. The monoisotopic (exact) mass is 564 g/mol. The highest BCUT2D eigenvalue weighted by Gasteiger charge is 2.20. The minimum absolute atomic E-state index is 0.601. The van der Waals surface area contributed by atoms with Crippen molar-refractivity contribution in [2.24, 2.45) is 0 Å². The lowest BCUT2D eigenvalue weighted by Gasteiger charge is -2.09. The number of nitrogens with zero attached hydrogens (tertiary/aromatic N) is 4. The molecule has 5 nitrogen and oxygen atoms in total. The van der Waals surface area contributed by atoms with Crippen LogP contribution in [-0.2, 0) is 0 Å². The molecule has 0 aliphatic heterocycles. The van der Waals surface area contributed by atoms with Crippen molar-refractivity contribution in [3.8, 4) is 39.9 Å². The van der Waals surface area contributed by atoms with E-state index < -0.39 is 0 Å². The molecule has 0 aliphatic carbocycles. The van der Waals surface area contributed by atoms with E-state index in [-0.39, 0.29) is 0 Å². The summed E-state index contributed by atoms with van der Waals surface area (Å²) in [5, 5.41) is 4.55. The number of fused-ring (bicyclic) bond motifs is 7. The van der Waals surface area contributed by atoms with Crippen molar-refractivity contribution >= 4 is 43.7 Å². The van der Waals surface area contributed by atoms with E-state index in [0.717, 1.165) is 49.8 Å².